The Hall–Kier alpha value is -1.55. The second kappa shape index (κ2) is 5.61. The van der Waals surface area contributed by atoms with Gasteiger partial charge in [-0.15, -0.1) is 0 Å². The van der Waals surface area contributed by atoms with E-state index in [0.29, 0.717) is 12.0 Å². The topological polar surface area (TPSA) is 44.9 Å². The van der Waals surface area contributed by atoms with Crippen LogP contribution in [-0.4, -0.2) is 49.5 Å². The Morgan fingerprint density at radius 2 is 2.11 bits per heavy atom. The molecule has 1 atom stereocenters. The molecule has 1 aromatic rings. The van der Waals surface area contributed by atoms with Gasteiger partial charge in [-0.3, -0.25) is 4.99 Å². The Balaban J connectivity index is 2.21. The lowest BCUT2D eigenvalue weighted by Gasteiger charge is -2.29. The first-order chi connectivity index (χ1) is 9.00. The molecule has 0 amide bonds. The number of rotatable bonds is 4. The zero-order valence-corrected chi connectivity index (χ0v) is 12.3. The third-order valence-corrected chi connectivity index (χ3v) is 3.89. The van der Waals surface area contributed by atoms with Gasteiger partial charge in [0.2, 0.25) is 0 Å². The minimum Gasteiger partial charge on any atom is -0.370 e. The highest BCUT2D eigenvalue weighted by atomic mass is 15.3. The Kier molecular flexibility index (Phi) is 4.10. The zero-order chi connectivity index (χ0) is 14.0. The van der Waals surface area contributed by atoms with E-state index in [2.05, 4.69) is 60.9 Å². The predicted molar refractivity (Wildman–Crippen MR) is 80.4 cm³/mol. The van der Waals surface area contributed by atoms with Gasteiger partial charge in [-0.05, 0) is 44.6 Å². The van der Waals surface area contributed by atoms with Crippen molar-refractivity contribution in [3.63, 3.8) is 0 Å². The number of aryl methyl sites for hydroxylation is 1. The first-order valence-electron chi connectivity index (χ1n) is 6.78. The maximum atomic E-state index is 6.04. The lowest BCUT2D eigenvalue weighted by Crippen LogP contribution is -2.40. The van der Waals surface area contributed by atoms with E-state index in [1.165, 1.54) is 16.7 Å². The molecule has 0 saturated heterocycles. The van der Waals surface area contributed by atoms with Gasteiger partial charge in [-0.2, -0.15) is 0 Å². The lowest BCUT2D eigenvalue weighted by molar-refractivity contribution is 0.292. The van der Waals surface area contributed by atoms with Crippen LogP contribution in [0.2, 0.25) is 0 Å². The van der Waals surface area contributed by atoms with Crippen LogP contribution in [0.5, 0.6) is 0 Å². The molecule has 1 aliphatic rings. The maximum absolute atomic E-state index is 6.04. The smallest absolute Gasteiger partial charge is 0.191 e. The molecule has 0 aliphatic carbocycles. The Morgan fingerprint density at radius 1 is 1.37 bits per heavy atom. The number of hydrogen-bond acceptors (Lipinski definition) is 4. The molecule has 0 fully saturated rings. The summed E-state index contributed by atoms with van der Waals surface area (Å²) in [4.78, 5) is 8.82. The van der Waals surface area contributed by atoms with Crippen LogP contribution >= 0.6 is 0 Å². The van der Waals surface area contributed by atoms with Crippen LogP contribution in [0, 0.1) is 13.8 Å². The highest BCUT2D eigenvalue weighted by molar-refractivity contribution is 5.80. The molecule has 0 bridgehead atoms. The lowest BCUT2D eigenvalue weighted by atomic mass is 9.97. The molecule has 0 spiro atoms. The van der Waals surface area contributed by atoms with Crippen molar-refractivity contribution in [1.29, 1.82) is 0 Å². The number of guanidine groups is 1. The number of nitrogens with two attached hydrogens (primary N) is 1. The normalized spacial score (nSPS) is 19.1. The van der Waals surface area contributed by atoms with Gasteiger partial charge in [0.05, 0.1) is 12.6 Å². The fourth-order valence-electron chi connectivity index (χ4n) is 2.51. The van der Waals surface area contributed by atoms with Gasteiger partial charge >= 0.3 is 0 Å². The Bertz CT molecular complexity index is 479. The van der Waals surface area contributed by atoms with E-state index in [1.54, 1.807) is 0 Å². The largest absolute Gasteiger partial charge is 0.370 e. The molecule has 0 saturated carbocycles. The average Bonchev–Trinajstić information content (AvgIpc) is 2.71. The summed E-state index contributed by atoms with van der Waals surface area (Å²) < 4.78 is 0. The molecule has 2 N–H and O–H groups in total. The van der Waals surface area contributed by atoms with Crippen LogP contribution in [0.15, 0.2) is 23.2 Å². The maximum Gasteiger partial charge on any atom is 0.191 e. The van der Waals surface area contributed by atoms with Gasteiger partial charge < -0.3 is 15.5 Å². The van der Waals surface area contributed by atoms with Crippen LogP contribution in [0.25, 0.3) is 0 Å². The highest BCUT2D eigenvalue weighted by Crippen LogP contribution is 2.28. The van der Waals surface area contributed by atoms with Gasteiger partial charge in [0, 0.05) is 13.1 Å². The highest BCUT2D eigenvalue weighted by Gasteiger charge is 2.28. The zero-order valence-electron chi connectivity index (χ0n) is 12.3. The number of aliphatic imine (C=N–C) groups is 1. The summed E-state index contributed by atoms with van der Waals surface area (Å²) in [5.74, 6) is 0.674. The molecule has 2 rings (SSSR count). The van der Waals surface area contributed by atoms with E-state index in [0.717, 1.165) is 19.6 Å². The van der Waals surface area contributed by atoms with Crippen molar-refractivity contribution in [1.82, 2.24) is 9.80 Å². The van der Waals surface area contributed by atoms with Gasteiger partial charge in [-0.1, -0.05) is 18.2 Å². The minimum atomic E-state index is 0.292. The molecule has 1 aromatic carbocycles. The van der Waals surface area contributed by atoms with Crippen molar-refractivity contribution in [3.05, 3.63) is 34.9 Å². The van der Waals surface area contributed by atoms with E-state index in [9.17, 15) is 0 Å². The summed E-state index contributed by atoms with van der Waals surface area (Å²) in [5.41, 5.74) is 10.1. The minimum absolute atomic E-state index is 0.292. The number of hydrogen-bond donors (Lipinski definition) is 1. The number of nitrogens with zero attached hydrogens (tertiary/aromatic N) is 3. The first-order valence-corrected chi connectivity index (χ1v) is 6.78. The summed E-state index contributed by atoms with van der Waals surface area (Å²) in [5, 5.41) is 0. The average molecular weight is 260 g/mol. The second-order valence-electron chi connectivity index (χ2n) is 5.50. The fraction of sp³-hybridized carbons (Fsp3) is 0.533. The standard InChI is InChI=1S/C15H24N4/c1-11-6-5-7-13(12(11)2)14-10-17-15(16)19(14)9-8-18(3)4/h5-7,14H,8-10H2,1-4H3,(H2,16,17). The Labute approximate surface area is 115 Å². The second-order valence-corrected chi connectivity index (χ2v) is 5.50. The molecule has 1 heterocycles. The summed E-state index contributed by atoms with van der Waals surface area (Å²) in [6.45, 7) is 7.01. The molecule has 4 heteroatoms. The Morgan fingerprint density at radius 3 is 2.79 bits per heavy atom. The van der Waals surface area contributed by atoms with E-state index in [-0.39, 0.29) is 0 Å². The molecular formula is C15H24N4. The van der Waals surface area contributed by atoms with Crippen LogP contribution in [0.3, 0.4) is 0 Å². The van der Waals surface area contributed by atoms with Gasteiger partial charge in [0.15, 0.2) is 5.96 Å². The van der Waals surface area contributed by atoms with Crippen LogP contribution < -0.4 is 5.73 Å². The van der Waals surface area contributed by atoms with E-state index in [1.807, 2.05) is 0 Å². The molecule has 104 valence electrons. The first kappa shape index (κ1) is 13.9. The SMILES string of the molecule is Cc1cccc(C2CN=C(N)N2CCN(C)C)c1C. The number of likely N-dealkylation sites (N-methyl/N-ethyl adjacent to an activating group) is 1. The van der Waals surface area contributed by atoms with E-state index in [4.69, 9.17) is 5.73 Å². The van der Waals surface area contributed by atoms with Crippen molar-refractivity contribution in [2.24, 2.45) is 10.7 Å². The van der Waals surface area contributed by atoms with Crippen LogP contribution in [0.1, 0.15) is 22.7 Å². The van der Waals surface area contributed by atoms with Crippen molar-refractivity contribution in [2.45, 2.75) is 19.9 Å². The van der Waals surface area contributed by atoms with Crippen molar-refractivity contribution >= 4 is 5.96 Å². The third-order valence-electron chi connectivity index (χ3n) is 3.89. The predicted octanol–water partition coefficient (Wildman–Crippen LogP) is 1.54. The molecule has 1 unspecified atom stereocenters. The number of benzene rings is 1. The van der Waals surface area contributed by atoms with Crippen LogP contribution in [0.4, 0.5) is 0 Å². The summed E-state index contributed by atoms with van der Waals surface area (Å²) in [7, 11) is 4.16. The quantitative estimate of drug-likeness (QED) is 0.893. The molecule has 0 radical (unpaired) electrons. The van der Waals surface area contributed by atoms with Gasteiger partial charge in [0.1, 0.15) is 0 Å². The van der Waals surface area contributed by atoms with Crippen molar-refractivity contribution < 1.29 is 0 Å². The molecule has 0 aromatic heterocycles. The van der Waals surface area contributed by atoms with Gasteiger partial charge in [0.25, 0.3) is 0 Å². The molecule has 19 heavy (non-hydrogen) atoms. The monoisotopic (exact) mass is 260 g/mol. The molecule has 1 aliphatic heterocycles. The van der Waals surface area contributed by atoms with E-state index < -0.39 is 0 Å². The van der Waals surface area contributed by atoms with Crippen LogP contribution in [-0.2, 0) is 0 Å². The summed E-state index contributed by atoms with van der Waals surface area (Å²) in [6, 6.07) is 6.77. The molecular weight excluding hydrogens is 236 g/mol. The fourth-order valence-corrected chi connectivity index (χ4v) is 2.51. The summed E-state index contributed by atoms with van der Waals surface area (Å²) >= 11 is 0. The summed E-state index contributed by atoms with van der Waals surface area (Å²) in [6.07, 6.45) is 0. The van der Waals surface area contributed by atoms with Crippen molar-refractivity contribution in [3.8, 4) is 0 Å². The van der Waals surface area contributed by atoms with E-state index >= 15 is 0 Å². The van der Waals surface area contributed by atoms with Crippen molar-refractivity contribution in [2.75, 3.05) is 33.7 Å². The van der Waals surface area contributed by atoms with Gasteiger partial charge in [-0.25, -0.2) is 0 Å². The third kappa shape index (κ3) is 2.89. The molecule has 4 nitrogen and oxygen atoms in total.